The van der Waals surface area contributed by atoms with Gasteiger partial charge in [-0.25, -0.2) is 0 Å². The Morgan fingerprint density at radius 1 is 0.833 bits per heavy atom. The fraction of sp³-hybridized carbons (Fsp3) is 0.308. The largest absolute Gasteiger partial charge is 0.496 e. The first kappa shape index (κ1) is 20.8. The van der Waals surface area contributed by atoms with E-state index < -0.39 is 7.92 Å². The molecule has 0 amide bonds. The molecule has 3 aromatic rings. The predicted octanol–water partition coefficient (Wildman–Crippen LogP) is 6.24. The Morgan fingerprint density at radius 2 is 1.47 bits per heavy atom. The summed E-state index contributed by atoms with van der Waals surface area (Å²) in [5.74, 6) is 2.76. The van der Waals surface area contributed by atoms with Crippen LogP contribution in [0, 0.1) is 0 Å². The Kier molecular flexibility index (Phi) is 5.75. The Balaban J connectivity index is 1.87. The molecule has 3 nitrogen and oxygen atoms in total. The summed E-state index contributed by atoms with van der Waals surface area (Å²) >= 11 is 0. The van der Waals surface area contributed by atoms with Crippen LogP contribution in [0.2, 0.25) is 0 Å². The summed E-state index contributed by atoms with van der Waals surface area (Å²) in [7, 11) is 2.82. The van der Waals surface area contributed by atoms with Gasteiger partial charge in [-0.15, -0.1) is 0 Å². The van der Waals surface area contributed by atoms with Crippen molar-refractivity contribution in [3.8, 4) is 28.4 Å². The molecule has 2 atom stereocenters. The van der Waals surface area contributed by atoms with E-state index in [0.29, 0.717) is 0 Å². The SMILES string of the molecule is COc1cccc(OC)c1-c1cccc2c1P(C(C)(C)C)[C@@H](Cc1ccccc1)O2. The van der Waals surface area contributed by atoms with Gasteiger partial charge in [-0.2, -0.15) is 0 Å². The lowest BCUT2D eigenvalue weighted by Crippen LogP contribution is -2.26. The van der Waals surface area contributed by atoms with E-state index in [0.717, 1.165) is 34.8 Å². The molecular weight excluding hydrogens is 391 g/mol. The van der Waals surface area contributed by atoms with Crippen LogP contribution < -0.4 is 19.5 Å². The predicted molar refractivity (Wildman–Crippen MR) is 126 cm³/mol. The van der Waals surface area contributed by atoms with Gasteiger partial charge in [0.25, 0.3) is 0 Å². The second-order valence-corrected chi connectivity index (χ2v) is 11.6. The molecule has 0 radical (unpaired) electrons. The van der Waals surface area contributed by atoms with Gasteiger partial charge in [0.05, 0.1) is 19.8 Å². The molecule has 1 unspecified atom stereocenters. The van der Waals surface area contributed by atoms with Crippen LogP contribution >= 0.6 is 7.92 Å². The quantitative estimate of drug-likeness (QED) is 0.458. The standard InChI is InChI=1S/C26H29O3P/c1-26(2,3)30-23(17-18-11-7-6-8-12-18)29-22-16-9-13-19(25(22)30)24-20(27-4)14-10-15-21(24)28-5/h6-16,23H,17H2,1-5H3/t23-,30?/m0/s1. The van der Waals surface area contributed by atoms with Crippen LogP contribution in [-0.4, -0.2) is 25.2 Å². The van der Waals surface area contributed by atoms with E-state index in [-0.39, 0.29) is 11.0 Å². The van der Waals surface area contributed by atoms with Gasteiger partial charge in [0.15, 0.2) is 0 Å². The molecule has 1 heterocycles. The molecule has 0 bridgehead atoms. The monoisotopic (exact) mass is 420 g/mol. The summed E-state index contributed by atoms with van der Waals surface area (Å²) in [5.41, 5.74) is 3.46. The third-order valence-electron chi connectivity index (χ3n) is 5.46. The summed E-state index contributed by atoms with van der Waals surface area (Å²) in [4.78, 5) is 0. The Bertz CT molecular complexity index is 1000. The van der Waals surface area contributed by atoms with Crippen molar-refractivity contribution in [2.45, 2.75) is 38.2 Å². The first-order chi connectivity index (χ1) is 14.4. The van der Waals surface area contributed by atoms with Gasteiger partial charge in [0, 0.05) is 17.3 Å². The molecule has 3 aromatic carbocycles. The zero-order valence-electron chi connectivity index (χ0n) is 18.3. The molecule has 0 aliphatic carbocycles. The normalized spacial score (nSPS) is 17.9. The van der Waals surface area contributed by atoms with Crippen molar-refractivity contribution >= 4 is 13.2 Å². The minimum absolute atomic E-state index is 0.0887. The van der Waals surface area contributed by atoms with E-state index >= 15 is 0 Å². The average Bonchev–Trinajstić information content (AvgIpc) is 3.12. The van der Waals surface area contributed by atoms with Crippen LogP contribution in [0.4, 0.5) is 0 Å². The smallest absolute Gasteiger partial charge is 0.130 e. The van der Waals surface area contributed by atoms with Crippen LogP contribution in [-0.2, 0) is 6.42 Å². The molecule has 0 saturated carbocycles. The zero-order chi connectivity index (χ0) is 21.3. The number of hydrogen-bond acceptors (Lipinski definition) is 3. The molecule has 0 fully saturated rings. The summed E-state index contributed by atoms with van der Waals surface area (Å²) in [6.45, 7) is 6.97. The highest BCUT2D eigenvalue weighted by molar-refractivity contribution is 7.68. The van der Waals surface area contributed by atoms with Gasteiger partial charge in [-0.05, 0) is 36.8 Å². The minimum Gasteiger partial charge on any atom is -0.496 e. The molecule has 30 heavy (non-hydrogen) atoms. The van der Waals surface area contributed by atoms with E-state index in [1.54, 1.807) is 14.2 Å². The number of ether oxygens (including phenoxy) is 3. The molecule has 0 N–H and O–H groups in total. The Morgan fingerprint density at radius 3 is 2.07 bits per heavy atom. The van der Waals surface area contributed by atoms with Crippen LogP contribution in [0.25, 0.3) is 11.1 Å². The van der Waals surface area contributed by atoms with E-state index in [2.05, 4.69) is 69.3 Å². The van der Waals surface area contributed by atoms with Crippen molar-refractivity contribution in [2.24, 2.45) is 0 Å². The first-order valence-corrected chi connectivity index (χ1v) is 11.7. The highest BCUT2D eigenvalue weighted by atomic mass is 31.1. The number of benzene rings is 3. The van der Waals surface area contributed by atoms with Crippen LogP contribution in [0.3, 0.4) is 0 Å². The van der Waals surface area contributed by atoms with Crippen LogP contribution in [0.15, 0.2) is 66.7 Å². The number of fused-ring (bicyclic) bond motifs is 1. The molecular formula is C26H29O3P. The number of hydrogen-bond donors (Lipinski definition) is 0. The van der Waals surface area contributed by atoms with Crippen LogP contribution in [0.5, 0.6) is 17.2 Å². The summed E-state index contributed by atoms with van der Waals surface area (Å²) in [5, 5.41) is 1.40. The third-order valence-corrected chi connectivity index (χ3v) is 8.72. The lowest BCUT2D eigenvalue weighted by Gasteiger charge is -2.33. The molecule has 0 aromatic heterocycles. The highest BCUT2D eigenvalue weighted by Gasteiger charge is 2.43. The first-order valence-electron chi connectivity index (χ1n) is 10.3. The van der Waals surface area contributed by atoms with Gasteiger partial charge in [0.1, 0.15) is 23.1 Å². The van der Waals surface area contributed by atoms with Gasteiger partial charge in [-0.1, -0.05) is 69.3 Å². The highest BCUT2D eigenvalue weighted by Crippen LogP contribution is 2.61. The fourth-order valence-corrected chi connectivity index (χ4v) is 7.49. The number of methoxy groups -OCH3 is 2. The Labute approximate surface area is 180 Å². The van der Waals surface area contributed by atoms with Gasteiger partial charge >= 0.3 is 0 Å². The molecule has 0 spiro atoms. The van der Waals surface area contributed by atoms with Gasteiger partial charge in [0.2, 0.25) is 0 Å². The fourth-order valence-electron chi connectivity index (χ4n) is 4.24. The second kappa shape index (κ2) is 8.32. The summed E-state index contributed by atoms with van der Waals surface area (Å²) < 4.78 is 18.1. The molecule has 0 saturated heterocycles. The van der Waals surface area contributed by atoms with Crippen molar-refractivity contribution in [1.82, 2.24) is 0 Å². The van der Waals surface area contributed by atoms with Crippen molar-refractivity contribution in [2.75, 3.05) is 14.2 Å². The maximum absolute atomic E-state index is 6.61. The van der Waals surface area contributed by atoms with Crippen molar-refractivity contribution in [1.29, 1.82) is 0 Å². The third kappa shape index (κ3) is 3.79. The zero-order valence-corrected chi connectivity index (χ0v) is 19.2. The van der Waals surface area contributed by atoms with Crippen molar-refractivity contribution in [3.63, 3.8) is 0 Å². The molecule has 156 valence electrons. The minimum atomic E-state index is -0.602. The second-order valence-electron chi connectivity index (χ2n) is 8.49. The van der Waals surface area contributed by atoms with Crippen LogP contribution in [0.1, 0.15) is 26.3 Å². The molecule has 1 aliphatic heterocycles. The van der Waals surface area contributed by atoms with Crippen molar-refractivity contribution in [3.05, 3.63) is 72.3 Å². The van der Waals surface area contributed by atoms with E-state index in [9.17, 15) is 0 Å². The molecule has 4 rings (SSSR count). The van der Waals surface area contributed by atoms with E-state index in [4.69, 9.17) is 14.2 Å². The number of rotatable bonds is 5. The Hall–Kier alpha value is -2.51. The molecule has 1 aliphatic rings. The maximum atomic E-state index is 6.61. The van der Waals surface area contributed by atoms with Crippen molar-refractivity contribution < 1.29 is 14.2 Å². The summed E-state index contributed by atoms with van der Waals surface area (Å²) in [6, 6.07) is 22.9. The van der Waals surface area contributed by atoms with Gasteiger partial charge in [-0.3, -0.25) is 0 Å². The maximum Gasteiger partial charge on any atom is 0.130 e. The van der Waals surface area contributed by atoms with E-state index in [1.165, 1.54) is 10.9 Å². The van der Waals surface area contributed by atoms with Gasteiger partial charge < -0.3 is 14.2 Å². The van der Waals surface area contributed by atoms with E-state index in [1.807, 2.05) is 18.2 Å². The molecule has 4 heteroatoms. The topological polar surface area (TPSA) is 27.7 Å². The summed E-state index contributed by atoms with van der Waals surface area (Å²) in [6.07, 6.45) is 0.904. The average molecular weight is 420 g/mol. The lowest BCUT2D eigenvalue weighted by atomic mass is 10.0. The lowest BCUT2D eigenvalue weighted by molar-refractivity contribution is 0.293.